The lowest BCUT2D eigenvalue weighted by atomic mass is 9.83. The van der Waals surface area contributed by atoms with Crippen molar-refractivity contribution < 1.29 is 28.5 Å². The van der Waals surface area contributed by atoms with Crippen molar-refractivity contribution in [2.24, 2.45) is 17.3 Å². The van der Waals surface area contributed by atoms with Crippen molar-refractivity contribution in [3.05, 3.63) is 41.5 Å². The number of hydrogen-bond donors (Lipinski definition) is 3. The Balaban J connectivity index is 1.25. The number of nitrogens with one attached hydrogen (secondary N) is 1. The molecule has 0 radical (unpaired) electrons. The minimum Gasteiger partial charge on any atom is -0.508 e. The Morgan fingerprint density at radius 1 is 1.08 bits per heavy atom. The van der Waals surface area contributed by atoms with Crippen molar-refractivity contribution in [3.63, 3.8) is 0 Å². The Hall–Kier alpha value is -4.31. The Morgan fingerprint density at radius 3 is 2.53 bits per heavy atom. The van der Waals surface area contributed by atoms with Gasteiger partial charge < -0.3 is 34.8 Å². The van der Waals surface area contributed by atoms with Gasteiger partial charge in [-0.3, -0.25) is 0 Å². The number of aromatic hydroxyl groups is 1. The molecular weight excluding hydrogens is 654 g/mol. The van der Waals surface area contributed by atoms with Gasteiger partial charge in [-0.05, 0) is 80.5 Å². The van der Waals surface area contributed by atoms with E-state index >= 15 is 8.78 Å². The van der Waals surface area contributed by atoms with Gasteiger partial charge in [-0.2, -0.15) is 9.97 Å². The van der Waals surface area contributed by atoms with E-state index in [0.29, 0.717) is 48.1 Å². The number of hydrogen-bond acceptors (Lipinski definition) is 10. The fourth-order valence-corrected chi connectivity index (χ4v) is 8.69. The molecule has 3 atom stereocenters. The highest BCUT2D eigenvalue weighted by molar-refractivity contribution is 6.04. The number of phenols is 1. The molecule has 12 heteroatoms. The molecule has 2 aromatic carbocycles. The van der Waals surface area contributed by atoms with Gasteiger partial charge in [0.1, 0.15) is 34.0 Å². The van der Waals surface area contributed by atoms with E-state index in [1.165, 1.54) is 37.8 Å². The highest BCUT2D eigenvalue weighted by Gasteiger charge is 2.46. The molecule has 2 aromatic heterocycles. The molecule has 268 valence electrons. The van der Waals surface area contributed by atoms with Gasteiger partial charge in [0.05, 0.1) is 19.3 Å². The van der Waals surface area contributed by atoms with E-state index in [1.54, 1.807) is 0 Å². The van der Waals surface area contributed by atoms with Crippen LogP contribution in [0.3, 0.4) is 0 Å². The molecule has 10 nitrogen and oxygen atoms in total. The number of halogens is 2. The van der Waals surface area contributed by atoms with Gasteiger partial charge in [0.25, 0.3) is 0 Å². The van der Waals surface area contributed by atoms with E-state index in [1.807, 2.05) is 0 Å². The molecule has 1 saturated carbocycles. The fourth-order valence-electron chi connectivity index (χ4n) is 8.69. The van der Waals surface area contributed by atoms with Gasteiger partial charge in [-0.15, -0.1) is 6.42 Å². The van der Waals surface area contributed by atoms with Gasteiger partial charge in [0.15, 0.2) is 5.82 Å². The van der Waals surface area contributed by atoms with Crippen molar-refractivity contribution >= 4 is 27.5 Å². The molecule has 2 bridgehead atoms. The molecule has 3 N–H and O–H groups in total. The van der Waals surface area contributed by atoms with Crippen LogP contribution in [0.1, 0.15) is 51.0 Å². The largest absolute Gasteiger partial charge is 0.508 e. The smallest absolute Gasteiger partial charge is 0.319 e. The average Bonchev–Trinajstić information content (AvgIpc) is 3.76. The Kier molecular flexibility index (Phi) is 8.85. The summed E-state index contributed by atoms with van der Waals surface area (Å²) in [6.07, 6.45) is 11.6. The quantitative estimate of drug-likeness (QED) is 0.190. The number of pyridine rings is 1. The number of aromatic nitrogens is 3. The number of piperidine rings is 1. The number of aliphatic hydroxyl groups is 1. The summed E-state index contributed by atoms with van der Waals surface area (Å²) in [6, 6.07) is 5.86. The van der Waals surface area contributed by atoms with Crippen LogP contribution in [0.2, 0.25) is 0 Å². The summed E-state index contributed by atoms with van der Waals surface area (Å²) in [7, 11) is 1.45. The normalized spacial score (nSPS) is 24.2. The van der Waals surface area contributed by atoms with Crippen molar-refractivity contribution in [3.8, 4) is 41.2 Å². The molecule has 4 fully saturated rings. The molecule has 0 spiro atoms. The van der Waals surface area contributed by atoms with Gasteiger partial charge >= 0.3 is 6.01 Å². The number of ether oxygens (including phenoxy) is 2. The summed E-state index contributed by atoms with van der Waals surface area (Å²) in [5.74, 6) is 2.47. The van der Waals surface area contributed by atoms with Crippen LogP contribution in [0.25, 0.3) is 32.9 Å². The zero-order chi connectivity index (χ0) is 35.4. The van der Waals surface area contributed by atoms with Crippen molar-refractivity contribution in [2.45, 2.75) is 57.5 Å². The van der Waals surface area contributed by atoms with E-state index < -0.39 is 11.6 Å². The zero-order valence-corrected chi connectivity index (χ0v) is 29.1. The lowest BCUT2D eigenvalue weighted by Crippen LogP contribution is -2.60. The molecule has 3 aliphatic heterocycles. The van der Waals surface area contributed by atoms with Gasteiger partial charge in [0.2, 0.25) is 5.88 Å². The lowest BCUT2D eigenvalue weighted by Gasteiger charge is -2.46. The number of nitrogens with zero attached hydrogens (tertiary/aromatic N) is 5. The summed E-state index contributed by atoms with van der Waals surface area (Å²) >= 11 is 0. The van der Waals surface area contributed by atoms with E-state index in [-0.39, 0.29) is 69.5 Å². The molecule has 4 aromatic rings. The second-order valence-corrected chi connectivity index (χ2v) is 15.2. The first-order valence-electron chi connectivity index (χ1n) is 18.0. The third kappa shape index (κ3) is 6.40. The SMILES string of the molecule is C#Cc1c(F)ccc2cc(O)cc(-c3nc(OC)c4c(N5CC6CC(CCO)CC(C5)N6)nc(OCC5(CN6CCC(C)C6)CC5)nc4c3F)c12. The molecule has 4 aliphatic rings. The maximum atomic E-state index is 17.2. The van der Waals surface area contributed by atoms with E-state index in [4.69, 9.17) is 20.9 Å². The first kappa shape index (κ1) is 33.8. The minimum atomic E-state index is -0.788. The van der Waals surface area contributed by atoms with Crippen LogP contribution in [0.5, 0.6) is 17.6 Å². The van der Waals surface area contributed by atoms with Gasteiger partial charge in [-0.25, -0.2) is 13.8 Å². The third-order valence-electron chi connectivity index (χ3n) is 11.3. The second kappa shape index (κ2) is 13.3. The molecule has 5 heterocycles. The van der Waals surface area contributed by atoms with Crippen molar-refractivity contribution in [2.75, 3.05) is 57.9 Å². The Bertz CT molecular complexity index is 2020. The van der Waals surface area contributed by atoms with Gasteiger partial charge in [-0.1, -0.05) is 18.9 Å². The first-order chi connectivity index (χ1) is 24.7. The van der Waals surface area contributed by atoms with Crippen LogP contribution >= 0.6 is 0 Å². The Labute approximate surface area is 296 Å². The Morgan fingerprint density at radius 2 is 1.86 bits per heavy atom. The maximum absolute atomic E-state index is 17.2. The standard InChI is InChI=1S/C39H44F2N6O4/c1-4-28-30(40)6-5-24-15-27(49)16-29(31(24)28)34-33(41)35-32(37(43-34)50-3)36(47-18-25-13-23(8-12-48)14-26(19-47)42-25)45-38(44-35)51-21-39(9-10-39)20-46-11-7-22(2)17-46/h1,5-6,15-16,22-23,25-26,42,48-49H,7-14,17-21H2,2-3H3. The predicted molar refractivity (Wildman–Crippen MR) is 191 cm³/mol. The number of phenolic OH excluding ortho intramolecular Hbond substituents is 1. The molecule has 51 heavy (non-hydrogen) atoms. The van der Waals surface area contributed by atoms with E-state index in [2.05, 4.69) is 37.9 Å². The maximum Gasteiger partial charge on any atom is 0.319 e. The van der Waals surface area contributed by atoms with Crippen LogP contribution in [0.4, 0.5) is 14.6 Å². The summed E-state index contributed by atoms with van der Waals surface area (Å²) in [4.78, 5) is 18.9. The van der Waals surface area contributed by atoms with Crippen LogP contribution in [0.15, 0.2) is 24.3 Å². The minimum absolute atomic E-state index is 0.00610. The van der Waals surface area contributed by atoms with Crippen LogP contribution < -0.4 is 19.7 Å². The molecule has 1 aliphatic carbocycles. The number of aliphatic hydroxyl groups excluding tert-OH is 1. The number of piperazine rings is 1. The molecule has 3 saturated heterocycles. The number of anilines is 1. The van der Waals surface area contributed by atoms with Crippen LogP contribution in [0, 0.1) is 41.2 Å². The molecule has 8 rings (SSSR count). The number of terminal acetylenes is 1. The van der Waals surface area contributed by atoms with Crippen LogP contribution in [-0.4, -0.2) is 95.2 Å². The summed E-state index contributed by atoms with van der Waals surface area (Å²) in [5, 5.41) is 25.0. The number of rotatable bonds is 10. The summed E-state index contributed by atoms with van der Waals surface area (Å²) < 4.78 is 44.5. The number of benzene rings is 2. The highest BCUT2D eigenvalue weighted by Crippen LogP contribution is 2.48. The monoisotopic (exact) mass is 698 g/mol. The van der Waals surface area contributed by atoms with Crippen LogP contribution in [-0.2, 0) is 0 Å². The molecular formula is C39H44F2N6O4. The van der Waals surface area contributed by atoms with E-state index in [0.717, 1.165) is 51.7 Å². The lowest BCUT2D eigenvalue weighted by molar-refractivity contribution is 0.167. The number of fused-ring (bicyclic) bond motifs is 4. The van der Waals surface area contributed by atoms with Crippen molar-refractivity contribution in [1.82, 2.24) is 25.2 Å². The number of likely N-dealkylation sites (tertiary alicyclic amines) is 1. The fraction of sp³-hybridized carbons (Fsp3) is 0.513. The number of methoxy groups -OCH3 is 1. The average molecular weight is 699 g/mol. The highest BCUT2D eigenvalue weighted by atomic mass is 19.1. The molecule has 3 unspecified atom stereocenters. The second-order valence-electron chi connectivity index (χ2n) is 15.2. The predicted octanol–water partition coefficient (Wildman–Crippen LogP) is 5.26. The zero-order valence-electron chi connectivity index (χ0n) is 29.1. The van der Waals surface area contributed by atoms with E-state index in [9.17, 15) is 10.2 Å². The van der Waals surface area contributed by atoms with Gasteiger partial charge in [0, 0.05) is 61.2 Å². The topological polar surface area (TPSA) is 116 Å². The third-order valence-corrected chi connectivity index (χ3v) is 11.3. The summed E-state index contributed by atoms with van der Waals surface area (Å²) in [5.41, 5.74) is -0.187. The molecule has 0 amide bonds. The first-order valence-corrected chi connectivity index (χ1v) is 18.0. The summed E-state index contributed by atoms with van der Waals surface area (Å²) in [6.45, 7) is 7.19. The van der Waals surface area contributed by atoms with Crippen molar-refractivity contribution in [1.29, 1.82) is 0 Å².